The molecule has 0 aliphatic heterocycles. The molecule has 1 N–H and O–H groups in total. The summed E-state index contributed by atoms with van der Waals surface area (Å²) in [5.74, 6) is 1.05. The summed E-state index contributed by atoms with van der Waals surface area (Å²) >= 11 is 0. The fourth-order valence-corrected chi connectivity index (χ4v) is 2.78. The molecule has 2 unspecified atom stereocenters. The Balaban J connectivity index is 2.40. The minimum Gasteiger partial charge on any atom is -0.381 e. The van der Waals surface area contributed by atoms with Crippen molar-refractivity contribution >= 4 is 0 Å². The van der Waals surface area contributed by atoms with Crippen LogP contribution in [0, 0.1) is 23.2 Å². The molecule has 0 spiro atoms. The van der Waals surface area contributed by atoms with E-state index >= 15 is 0 Å². The molecule has 3 heteroatoms. The zero-order chi connectivity index (χ0) is 13.4. The topological polar surface area (TPSA) is 45.0 Å². The van der Waals surface area contributed by atoms with Gasteiger partial charge in [-0.2, -0.15) is 5.26 Å². The van der Waals surface area contributed by atoms with Crippen molar-refractivity contribution < 1.29 is 4.74 Å². The first-order valence-electron chi connectivity index (χ1n) is 7.38. The smallest absolute Gasteiger partial charge is 0.109 e. The highest BCUT2D eigenvalue weighted by molar-refractivity contribution is 5.13. The van der Waals surface area contributed by atoms with Gasteiger partial charge in [-0.05, 0) is 44.1 Å². The summed E-state index contributed by atoms with van der Waals surface area (Å²) < 4.78 is 5.66. The van der Waals surface area contributed by atoms with Gasteiger partial charge in [0.05, 0.1) is 6.07 Å². The van der Waals surface area contributed by atoms with Gasteiger partial charge in [0, 0.05) is 13.2 Å². The first-order valence-corrected chi connectivity index (χ1v) is 7.38. The van der Waals surface area contributed by atoms with Crippen LogP contribution in [0.4, 0.5) is 0 Å². The molecule has 0 bridgehead atoms. The van der Waals surface area contributed by atoms with Crippen molar-refractivity contribution in [2.45, 2.75) is 58.4 Å². The zero-order valence-electron chi connectivity index (χ0n) is 12.2. The first-order chi connectivity index (χ1) is 8.64. The molecular weight excluding hydrogens is 224 g/mol. The van der Waals surface area contributed by atoms with E-state index < -0.39 is 0 Å². The second kappa shape index (κ2) is 7.76. The van der Waals surface area contributed by atoms with E-state index in [4.69, 9.17) is 4.74 Å². The van der Waals surface area contributed by atoms with Crippen molar-refractivity contribution in [2.75, 3.05) is 19.8 Å². The van der Waals surface area contributed by atoms with E-state index in [1.54, 1.807) is 0 Å². The van der Waals surface area contributed by atoms with Crippen LogP contribution in [0.2, 0.25) is 0 Å². The Morgan fingerprint density at radius 2 is 2.28 bits per heavy atom. The fourth-order valence-electron chi connectivity index (χ4n) is 2.78. The van der Waals surface area contributed by atoms with E-state index in [2.05, 4.69) is 32.2 Å². The third-order valence-corrected chi connectivity index (χ3v) is 3.77. The molecule has 1 rings (SSSR count). The Morgan fingerprint density at radius 1 is 1.50 bits per heavy atom. The Kier molecular flexibility index (Phi) is 6.67. The number of nitrogens with one attached hydrogen (secondary N) is 1. The predicted octanol–water partition coefficient (Wildman–Crippen LogP) is 3.11. The highest BCUT2D eigenvalue weighted by Crippen LogP contribution is 2.37. The monoisotopic (exact) mass is 252 g/mol. The number of hydrogen-bond donors (Lipinski definition) is 1. The number of rotatable bonds is 8. The molecule has 0 aromatic carbocycles. The van der Waals surface area contributed by atoms with Gasteiger partial charge in [-0.25, -0.2) is 0 Å². The van der Waals surface area contributed by atoms with E-state index in [-0.39, 0.29) is 5.54 Å². The average Bonchev–Trinajstić information content (AvgIpc) is 2.75. The van der Waals surface area contributed by atoms with Crippen LogP contribution in [0.5, 0.6) is 0 Å². The van der Waals surface area contributed by atoms with Gasteiger partial charge in [0.2, 0.25) is 0 Å². The summed E-state index contributed by atoms with van der Waals surface area (Å²) in [4.78, 5) is 0. The molecule has 0 saturated heterocycles. The fraction of sp³-hybridized carbons (Fsp3) is 0.933. The first kappa shape index (κ1) is 15.5. The molecule has 104 valence electrons. The van der Waals surface area contributed by atoms with Gasteiger partial charge in [0.25, 0.3) is 0 Å². The summed E-state index contributed by atoms with van der Waals surface area (Å²) in [7, 11) is 0. The van der Waals surface area contributed by atoms with Crippen LogP contribution in [0.1, 0.15) is 52.9 Å². The van der Waals surface area contributed by atoms with E-state index in [1.807, 2.05) is 0 Å². The maximum absolute atomic E-state index is 9.51. The van der Waals surface area contributed by atoms with Crippen LogP contribution >= 0.6 is 0 Å². The summed E-state index contributed by atoms with van der Waals surface area (Å²) in [5.41, 5.74) is -0.281. The van der Waals surface area contributed by atoms with E-state index in [9.17, 15) is 5.26 Å². The minimum atomic E-state index is -0.281. The van der Waals surface area contributed by atoms with Crippen LogP contribution in [0.3, 0.4) is 0 Å². The molecule has 1 saturated carbocycles. The maximum Gasteiger partial charge on any atom is 0.109 e. The molecule has 3 nitrogen and oxygen atoms in total. The van der Waals surface area contributed by atoms with Crippen molar-refractivity contribution in [2.24, 2.45) is 11.8 Å². The largest absolute Gasteiger partial charge is 0.381 e. The summed E-state index contributed by atoms with van der Waals surface area (Å²) in [6, 6.07) is 2.55. The van der Waals surface area contributed by atoms with E-state index in [1.165, 1.54) is 6.42 Å². The molecule has 0 radical (unpaired) electrons. The third kappa shape index (κ3) is 4.26. The van der Waals surface area contributed by atoms with Crippen LogP contribution in [0.25, 0.3) is 0 Å². The molecule has 18 heavy (non-hydrogen) atoms. The van der Waals surface area contributed by atoms with Crippen LogP contribution in [-0.2, 0) is 4.74 Å². The Bertz CT molecular complexity index is 272. The molecule has 1 fully saturated rings. The van der Waals surface area contributed by atoms with Gasteiger partial charge in [-0.15, -0.1) is 0 Å². The molecule has 0 aromatic rings. The van der Waals surface area contributed by atoms with Gasteiger partial charge >= 0.3 is 0 Å². The lowest BCUT2D eigenvalue weighted by molar-refractivity contribution is 0.0912. The van der Waals surface area contributed by atoms with Gasteiger partial charge in [0.15, 0.2) is 0 Å². The van der Waals surface area contributed by atoms with Crippen molar-refractivity contribution in [3.63, 3.8) is 0 Å². The summed E-state index contributed by atoms with van der Waals surface area (Å²) in [6.07, 6.45) is 5.42. The third-order valence-electron chi connectivity index (χ3n) is 3.77. The Hall–Kier alpha value is -0.590. The van der Waals surface area contributed by atoms with E-state index in [0.29, 0.717) is 11.8 Å². The van der Waals surface area contributed by atoms with Crippen molar-refractivity contribution in [1.82, 2.24) is 5.32 Å². The van der Waals surface area contributed by atoms with Gasteiger partial charge in [0.1, 0.15) is 5.54 Å². The van der Waals surface area contributed by atoms with Gasteiger partial charge in [-0.3, -0.25) is 5.32 Å². The highest BCUT2D eigenvalue weighted by atomic mass is 16.5. The molecule has 1 aliphatic rings. The lowest BCUT2D eigenvalue weighted by Crippen LogP contribution is -2.47. The molecule has 0 amide bonds. The van der Waals surface area contributed by atoms with Crippen LogP contribution < -0.4 is 5.32 Å². The Labute approximate surface area is 112 Å². The molecular formula is C15H28N2O. The zero-order valence-corrected chi connectivity index (χ0v) is 12.2. The minimum absolute atomic E-state index is 0.281. The van der Waals surface area contributed by atoms with Gasteiger partial charge < -0.3 is 4.74 Å². The second-order valence-corrected chi connectivity index (χ2v) is 5.86. The normalized spacial score (nSPS) is 27.6. The average molecular weight is 252 g/mol. The molecule has 0 heterocycles. The van der Waals surface area contributed by atoms with Crippen LogP contribution in [-0.4, -0.2) is 25.3 Å². The molecule has 0 aromatic heterocycles. The van der Waals surface area contributed by atoms with Crippen molar-refractivity contribution in [3.8, 4) is 6.07 Å². The maximum atomic E-state index is 9.51. The van der Waals surface area contributed by atoms with Gasteiger partial charge in [-0.1, -0.05) is 27.2 Å². The predicted molar refractivity (Wildman–Crippen MR) is 74.3 cm³/mol. The second-order valence-electron chi connectivity index (χ2n) is 5.86. The van der Waals surface area contributed by atoms with Crippen LogP contribution in [0.15, 0.2) is 0 Å². The SMILES string of the molecule is CCCNC1(C#N)CCCC1CCOCC(C)C. The standard InChI is InChI=1S/C15H28N2O/c1-4-9-17-15(12-16)8-5-6-14(15)7-10-18-11-13(2)3/h13-14,17H,4-11H2,1-3H3. The lowest BCUT2D eigenvalue weighted by atomic mass is 9.86. The quantitative estimate of drug-likeness (QED) is 0.675. The lowest BCUT2D eigenvalue weighted by Gasteiger charge is -2.30. The highest BCUT2D eigenvalue weighted by Gasteiger charge is 2.42. The Morgan fingerprint density at radius 3 is 2.89 bits per heavy atom. The van der Waals surface area contributed by atoms with Crippen molar-refractivity contribution in [1.29, 1.82) is 5.26 Å². The molecule has 1 aliphatic carbocycles. The number of ether oxygens (including phenoxy) is 1. The van der Waals surface area contributed by atoms with E-state index in [0.717, 1.165) is 45.4 Å². The number of nitrogens with zero attached hydrogens (tertiary/aromatic N) is 1. The number of nitriles is 1. The summed E-state index contributed by atoms with van der Waals surface area (Å²) in [6.45, 7) is 9.04. The summed E-state index contributed by atoms with van der Waals surface area (Å²) in [5, 5.41) is 13.0. The molecule has 2 atom stereocenters. The van der Waals surface area contributed by atoms with Crippen molar-refractivity contribution in [3.05, 3.63) is 0 Å². The number of hydrogen-bond acceptors (Lipinski definition) is 3.